The van der Waals surface area contributed by atoms with Crippen LogP contribution in [-0.2, 0) is 17.9 Å². The van der Waals surface area contributed by atoms with Crippen LogP contribution in [0.15, 0.2) is 29.3 Å². The summed E-state index contributed by atoms with van der Waals surface area (Å²) in [6.45, 7) is 9.31. The minimum atomic E-state index is 0. The molecule has 29 heavy (non-hydrogen) atoms. The molecule has 0 bridgehead atoms. The van der Waals surface area contributed by atoms with E-state index in [1.165, 1.54) is 0 Å². The van der Waals surface area contributed by atoms with E-state index in [0.717, 1.165) is 75.7 Å². The molecule has 8 heteroatoms. The number of amides is 1. The van der Waals surface area contributed by atoms with Gasteiger partial charge in [0.25, 0.3) is 0 Å². The van der Waals surface area contributed by atoms with E-state index >= 15 is 0 Å². The van der Waals surface area contributed by atoms with Crippen molar-refractivity contribution in [2.24, 2.45) is 4.99 Å². The number of aliphatic imine (C=N–C) groups is 1. The Balaban J connectivity index is 0.00000300. The number of benzene rings is 1. The molecule has 0 radical (unpaired) electrons. The molecule has 2 saturated heterocycles. The van der Waals surface area contributed by atoms with E-state index in [1.807, 2.05) is 29.2 Å². The van der Waals surface area contributed by atoms with Gasteiger partial charge in [-0.2, -0.15) is 0 Å². The summed E-state index contributed by atoms with van der Waals surface area (Å²) in [6, 6.07) is 7.87. The maximum atomic E-state index is 12.4. The predicted molar refractivity (Wildman–Crippen MR) is 126 cm³/mol. The zero-order chi connectivity index (χ0) is 19.8. The molecule has 2 aliphatic heterocycles. The summed E-state index contributed by atoms with van der Waals surface area (Å²) in [5, 5.41) is 12.9. The van der Waals surface area contributed by atoms with E-state index in [1.54, 1.807) is 0 Å². The molecule has 0 aromatic heterocycles. The molecule has 3 rings (SSSR count). The Kier molecular flexibility index (Phi) is 10.2. The van der Waals surface area contributed by atoms with Crippen molar-refractivity contribution < 1.29 is 9.90 Å². The standard InChI is InChI=1S/C21H33N5O2.HI/c1-2-22-21(23-15-18-7-3-4-8-19(18)17-27)26-13-11-24(12-14-26)16-20(28)25-9-5-6-10-25;/h3-4,7-8,27H,2,5-6,9-17H2,1H3,(H,22,23);1H. The molecule has 1 aromatic carbocycles. The first kappa shape index (κ1) is 23.9. The monoisotopic (exact) mass is 515 g/mol. The van der Waals surface area contributed by atoms with E-state index in [0.29, 0.717) is 13.1 Å². The second-order valence-corrected chi connectivity index (χ2v) is 7.45. The predicted octanol–water partition coefficient (Wildman–Crippen LogP) is 1.50. The molecular formula is C21H34IN5O2. The summed E-state index contributed by atoms with van der Waals surface area (Å²) < 4.78 is 0. The van der Waals surface area contributed by atoms with Gasteiger partial charge in [0, 0.05) is 45.8 Å². The van der Waals surface area contributed by atoms with Gasteiger partial charge in [-0.15, -0.1) is 24.0 Å². The van der Waals surface area contributed by atoms with Crippen LogP contribution in [0.4, 0.5) is 0 Å². The van der Waals surface area contributed by atoms with Gasteiger partial charge >= 0.3 is 0 Å². The number of nitrogens with one attached hydrogen (secondary N) is 1. The zero-order valence-electron chi connectivity index (χ0n) is 17.3. The van der Waals surface area contributed by atoms with Gasteiger partial charge < -0.3 is 20.2 Å². The molecule has 7 nitrogen and oxygen atoms in total. The number of hydrogen-bond acceptors (Lipinski definition) is 4. The molecule has 2 N–H and O–H groups in total. The number of rotatable bonds is 6. The number of carbonyl (C=O) groups excluding carboxylic acids is 1. The first-order valence-corrected chi connectivity index (χ1v) is 10.4. The number of piperazine rings is 1. The third-order valence-corrected chi connectivity index (χ3v) is 5.51. The maximum Gasteiger partial charge on any atom is 0.236 e. The summed E-state index contributed by atoms with van der Waals surface area (Å²) in [5.41, 5.74) is 1.97. The fraction of sp³-hybridized carbons (Fsp3) is 0.619. The highest BCUT2D eigenvalue weighted by atomic mass is 127. The van der Waals surface area contributed by atoms with Crippen LogP contribution in [0.5, 0.6) is 0 Å². The van der Waals surface area contributed by atoms with Crippen molar-refractivity contribution in [3.05, 3.63) is 35.4 Å². The molecule has 0 aliphatic carbocycles. The fourth-order valence-corrected chi connectivity index (χ4v) is 3.83. The molecule has 1 aromatic rings. The number of likely N-dealkylation sites (tertiary alicyclic amines) is 1. The Labute approximate surface area is 191 Å². The van der Waals surface area contributed by atoms with Crippen molar-refractivity contribution in [1.29, 1.82) is 0 Å². The number of nitrogens with zero attached hydrogens (tertiary/aromatic N) is 4. The van der Waals surface area contributed by atoms with Crippen molar-refractivity contribution in [3.63, 3.8) is 0 Å². The zero-order valence-corrected chi connectivity index (χ0v) is 19.7. The van der Waals surface area contributed by atoms with Gasteiger partial charge in [0.05, 0.1) is 19.7 Å². The molecule has 162 valence electrons. The summed E-state index contributed by atoms with van der Waals surface area (Å²) in [6.07, 6.45) is 2.28. The lowest BCUT2D eigenvalue weighted by molar-refractivity contribution is -0.131. The second-order valence-electron chi connectivity index (χ2n) is 7.45. The van der Waals surface area contributed by atoms with Crippen LogP contribution in [0.1, 0.15) is 30.9 Å². The molecule has 0 saturated carbocycles. The first-order valence-electron chi connectivity index (χ1n) is 10.4. The average molecular weight is 515 g/mol. The number of halogens is 1. The van der Waals surface area contributed by atoms with Crippen LogP contribution in [-0.4, -0.2) is 84.0 Å². The minimum absolute atomic E-state index is 0. The van der Waals surface area contributed by atoms with Gasteiger partial charge in [0.15, 0.2) is 5.96 Å². The lowest BCUT2D eigenvalue weighted by Crippen LogP contribution is -2.54. The maximum absolute atomic E-state index is 12.4. The minimum Gasteiger partial charge on any atom is -0.392 e. The Hall–Kier alpha value is -1.39. The van der Waals surface area contributed by atoms with Crippen molar-refractivity contribution in [2.75, 3.05) is 52.4 Å². The quantitative estimate of drug-likeness (QED) is 0.342. The Morgan fingerprint density at radius 2 is 1.69 bits per heavy atom. The number of carbonyl (C=O) groups is 1. The van der Waals surface area contributed by atoms with Crippen molar-refractivity contribution in [1.82, 2.24) is 20.0 Å². The molecular weight excluding hydrogens is 481 g/mol. The van der Waals surface area contributed by atoms with E-state index in [9.17, 15) is 9.90 Å². The Morgan fingerprint density at radius 1 is 1.03 bits per heavy atom. The molecule has 0 atom stereocenters. The average Bonchev–Trinajstić information content (AvgIpc) is 3.27. The number of hydrogen-bond donors (Lipinski definition) is 2. The van der Waals surface area contributed by atoms with Crippen LogP contribution in [0.3, 0.4) is 0 Å². The van der Waals surface area contributed by atoms with Crippen molar-refractivity contribution in [3.8, 4) is 0 Å². The van der Waals surface area contributed by atoms with Gasteiger partial charge in [0.2, 0.25) is 5.91 Å². The van der Waals surface area contributed by atoms with E-state index < -0.39 is 0 Å². The van der Waals surface area contributed by atoms with Crippen LogP contribution in [0.25, 0.3) is 0 Å². The van der Waals surface area contributed by atoms with Crippen LogP contribution in [0.2, 0.25) is 0 Å². The lowest BCUT2D eigenvalue weighted by Gasteiger charge is -2.36. The van der Waals surface area contributed by atoms with Gasteiger partial charge in [-0.25, -0.2) is 4.99 Å². The van der Waals surface area contributed by atoms with E-state index in [4.69, 9.17) is 4.99 Å². The highest BCUT2D eigenvalue weighted by Crippen LogP contribution is 2.12. The SMILES string of the molecule is CCNC(=NCc1ccccc1CO)N1CCN(CC(=O)N2CCCC2)CC1.I. The largest absolute Gasteiger partial charge is 0.392 e. The summed E-state index contributed by atoms with van der Waals surface area (Å²) in [5.74, 6) is 1.17. The summed E-state index contributed by atoms with van der Waals surface area (Å²) in [4.78, 5) is 23.7. The third kappa shape index (κ3) is 6.82. The topological polar surface area (TPSA) is 71.4 Å². The van der Waals surface area contributed by atoms with Gasteiger partial charge in [-0.3, -0.25) is 9.69 Å². The molecule has 1 amide bonds. The molecule has 2 fully saturated rings. The fourth-order valence-electron chi connectivity index (χ4n) is 3.83. The van der Waals surface area contributed by atoms with Crippen LogP contribution >= 0.6 is 24.0 Å². The van der Waals surface area contributed by atoms with Gasteiger partial charge in [0.1, 0.15) is 0 Å². The van der Waals surface area contributed by atoms with Crippen molar-refractivity contribution >= 4 is 35.8 Å². The number of guanidine groups is 1. The van der Waals surface area contributed by atoms with Crippen LogP contribution < -0.4 is 5.32 Å². The highest BCUT2D eigenvalue weighted by Gasteiger charge is 2.24. The van der Waals surface area contributed by atoms with Gasteiger partial charge in [-0.1, -0.05) is 24.3 Å². The first-order chi connectivity index (χ1) is 13.7. The molecule has 0 unspecified atom stereocenters. The Bertz CT molecular complexity index is 671. The normalized spacial score (nSPS) is 17.9. The number of aliphatic hydroxyl groups excluding tert-OH is 1. The Morgan fingerprint density at radius 3 is 2.31 bits per heavy atom. The summed E-state index contributed by atoms with van der Waals surface area (Å²) in [7, 11) is 0. The summed E-state index contributed by atoms with van der Waals surface area (Å²) >= 11 is 0. The van der Waals surface area contributed by atoms with Crippen molar-refractivity contribution in [2.45, 2.75) is 32.9 Å². The van der Waals surface area contributed by atoms with Gasteiger partial charge in [-0.05, 0) is 30.9 Å². The molecule has 2 aliphatic rings. The smallest absolute Gasteiger partial charge is 0.236 e. The third-order valence-electron chi connectivity index (χ3n) is 5.51. The van der Waals surface area contributed by atoms with E-state index in [2.05, 4.69) is 22.0 Å². The molecule has 0 spiro atoms. The molecule has 2 heterocycles. The lowest BCUT2D eigenvalue weighted by atomic mass is 10.1. The number of aliphatic hydroxyl groups is 1. The van der Waals surface area contributed by atoms with E-state index in [-0.39, 0.29) is 36.5 Å². The van der Waals surface area contributed by atoms with Crippen LogP contribution in [0, 0.1) is 0 Å². The highest BCUT2D eigenvalue weighted by molar-refractivity contribution is 14.0. The second kappa shape index (κ2) is 12.3.